The maximum Gasteiger partial charge on any atom is 0.443 e. The van der Waals surface area contributed by atoms with Crippen LogP contribution in [0.2, 0.25) is 0 Å². The van der Waals surface area contributed by atoms with Crippen LogP contribution in [0.3, 0.4) is 0 Å². The Morgan fingerprint density at radius 2 is 1.97 bits per heavy atom. The molecule has 1 aromatic carbocycles. The normalized spacial score (nSPS) is 13.8. The van der Waals surface area contributed by atoms with Crippen molar-refractivity contribution in [3.05, 3.63) is 42.2 Å². The van der Waals surface area contributed by atoms with Crippen molar-refractivity contribution in [1.29, 1.82) is 0 Å². The molecular weight excluding hydrogens is 368 g/mol. The van der Waals surface area contributed by atoms with E-state index in [2.05, 4.69) is 18.8 Å². The molecule has 0 aliphatic carbocycles. The minimum Gasteiger partial charge on any atom is -0.488 e. The zero-order valence-corrected chi connectivity index (χ0v) is 18.1. The molecule has 0 saturated carbocycles. The fraction of sp³-hybridized carbons (Fsp3) is 0.478. The van der Waals surface area contributed by atoms with Gasteiger partial charge in [-0.25, -0.2) is 4.79 Å². The van der Waals surface area contributed by atoms with Crippen LogP contribution in [-0.2, 0) is 11.3 Å². The van der Waals surface area contributed by atoms with Gasteiger partial charge in [-0.1, -0.05) is 13.8 Å². The second kappa shape index (κ2) is 8.31. The number of amides is 1. The van der Waals surface area contributed by atoms with Gasteiger partial charge in [0.1, 0.15) is 18.0 Å². The number of carbonyl (C=O) groups excluding carboxylic acids is 1. The van der Waals surface area contributed by atoms with Crippen LogP contribution in [0, 0.1) is 5.92 Å². The Hall–Kier alpha value is -2.76. The number of hydrogen-bond acceptors (Lipinski definition) is 5. The lowest BCUT2D eigenvalue weighted by Gasteiger charge is -2.31. The predicted octanol–water partition coefficient (Wildman–Crippen LogP) is 5.61. The summed E-state index contributed by atoms with van der Waals surface area (Å²) in [7, 11) is 0. The second-order valence-electron chi connectivity index (χ2n) is 8.86. The van der Waals surface area contributed by atoms with Crippen LogP contribution in [0.25, 0.3) is 11.1 Å². The van der Waals surface area contributed by atoms with E-state index in [9.17, 15) is 4.79 Å². The highest BCUT2D eigenvalue weighted by Gasteiger charge is 2.29. The van der Waals surface area contributed by atoms with Crippen LogP contribution in [0.1, 0.15) is 53.5 Å². The van der Waals surface area contributed by atoms with E-state index in [1.54, 1.807) is 6.20 Å². The molecule has 1 unspecified atom stereocenters. The maximum atomic E-state index is 12.8. The number of fused-ring (bicyclic) bond motifs is 3. The Morgan fingerprint density at radius 3 is 2.66 bits per heavy atom. The van der Waals surface area contributed by atoms with E-state index in [1.165, 1.54) is 5.06 Å². The lowest BCUT2D eigenvalue weighted by atomic mass is 9.99. The summed E-state index contributed by atoms with van der Waals surface area (Å²) < 4.78 is 11.4. The SMILES string of the molecule is CC(C)CC(C)N(Oc1ccc2c(c1)OCc1cnccc1-2)C(=O)OC(C)(C)C. The number of carbonyl (C=O) groups is 1. The van der Waals surface area contributed by atoms with Crippen molar-refractivity contribution in [3.8, 4) is 22.6 Å². The molecule has 1 atom stereocenters. The van der Waals surface area contributed by atoms with Crippen molar-refractivity contribution in [2.24, 2.45) is 5.92 Å². The Bertz CT molecular complexity index is 873. The zero-order valence-electron chi connectivity index (χ0n) is 18.1. The largest absolute Gasteiger partial charge is 0.488 e. The van der Waals surface area contributed by atoms with Crippen LogP contribution in [0.5, 0.6) is 11.5 Å². The first-order chi connectivity index (χ1) is 13.6. The van der Waals surface area contributed by atoms with Crippen LogP contribution in [-0.4, -0.2) is 27.8 Å². The van der Waals surface area contributed by atoms with Crippen LogP contribution in [0.15, 0.2) is 36.7 Å². The number of aromatic nitrogens is 1. The van der Waals surface area contributed by atoms with Gasteiger partial charge in [0, 0.05) is 29.6 Å². The van der Waals surface area contributed by atoms with Crippen LogP contribution >= 0.6 is 0 Å². The van der Waals surface area contributed by atoms with Gasteiger partial charge in [0.2, 0.25) is 0 Å². The summed E-state index contributed by atoms with van der Waals surface area (Å²) in [5.41, 5.74) is 2.53. The van der Waals surface area contributed by atoms with Gasteiger partial charge >= 0.3 is 6.09 Å². The molecule has 1 amide bonds. The van der Waals surface area contributed by atoms with E-state index >= 15 is 0 Å². The minimum atomic E-state index is -0.604. The molecule has 2 aromatic rings. The first-order valence-electron chi connectivity index (χ1n) is 10.0. The highest BCUT2D eigenvalue weighted by atomic mass is 16.7. The van der Waals surface area contributed by atoms with E-state index < -0.39 is 11.7 Å². The minimum absolute atomic E-state index is 0.145. The number of hydrogen-bond donors (Lipinski definition) is 0. The van der Waals surface area contributed by atoms with Crippen LogP contribution in [0.4, 0.5) is 4.79 Å². The molecule has 3 rings (SSSR count). The summed E-state index contributed by atoms with van der Waals surface area (Å²) in [5.74, 6) is 1.67. The fourth-order valence-corrected chi connectivity index (χ4v) is 3.37. The van der Waals surface area contributed by atoms with Gasteiger partial charge in [-0.05, 0) is 63.8 Å². The molecule has 29 heavy (non-hydrogen) atoms. The summed E-state index contributed by atoms with van der Waals surface area (Å²) in [6.07, 6.45) is 3.89. The molecule has 0 radical (unpaired) electrons. The van der Waals surface area contributed by atoms with Gasteiger partial charge in [0.25, 0.3) is 0 Å². The number of hydroxylamine groups is 2. The summed E-state index contributed by atoms with van der Waals surface area (Å²) in [6.45, 7) is 12.2. The van der Waals surface area contributed by atoms with Gasteiger partial charge in [-0.2, -0.15) is 0 Å². The fourth-order valence-electron chi connectivity index (χ4n) is 3.37. The zero-order chi connectivity index (χ0) is 21.2. The summed E-state index contributed by atoms with van der Waals surface area (Å²) in [4.78, 5) is 22.9. The second-order valence-corrected chi connectivity index (χ2v) is 8.86. The van der Waals surface area contributed by atoms with Gasteiger partial charge in [-0.3, -0.25) is 4.98 Å². The number of nitrogens with zero attached hydrogens (tertiary/aromatic N) is 2. The van der Waals surface area contributed by atoms with Crippen molar-refractivity contribution >= 4 is 6.09 Å². The van der Waals surface area contributed by atoms with E-state index in [1.807, 2.05) is 58.2 Å². The third-order valence-electron chi connectivity index (χ3n) is 4.52. The van der Waals surface area contributed by atoms with E-state index in [4.69, 9.17) is 14.3 Å². The Morgan fingerprint density at radius 1 is 1.21 bits per heavy atom. The molecule has 1 aliphatic rings. The molecule has 0 spiro atoms. The van der Waals surface area contributed by atoms with E-state index in [-0.39, 0.29) is 6.04 Å². The predicted molar refractivity (Wildman–Crippen MR) is 112 cm³/mol. The molecule has 1 aliphatic heterocycles. The van der Waals surface area contributed by atoms with E-state index in [0.29, 0.717) is 18.3 Å². The van der Waals surface area contributed by atoms with Crippen molar-refractivity contribution in [2.75, 3.05) is 0 Å². The topological polar surface area (TPSA) is 60.9 Å². The summed E-state index contributed by atoms with van der Waals surface area (Å²) >= 11 is 0. The van der Waals surface area contributed by atoms with Gasteiger partial charge in [0.05, 0.1) is 6.04 Å². The average Bonchev–Trinajstić information content (AvgIpc) is 2.63. The average molecular weight is 399 g/mol. The van der Waals surface area contributed by atoms with Crippen molar-refractivity contribution < 1.29 is 19.1 Å². The smallest absolute Gasteiger partial charge is 0.443 e. The number of rotatable bonds is 5. The first-order valence-corrected chi connectivity index (χ1v) is 10.0. The van der Waals surface area contributed by atoms with Gasteiger partial charge < -0.3 is 14.3 Å². The molecule has 0 bridgehead atoms. The molecule has 156 valence electrons. The summed E-state index contributed by atoms with van der Waals surface area (Å²) in [5, 5.41) is 1.33. The maximum absolute atomic E-state index is 12.8. The standard InChI is InChI=1S/C23H30N2O4/c1-15(2)11-16(3)25(22(26)28-23(4,5)6)29-18-7-8-20-19-9-10-24-13-17(19)14-27-21(20)12-18/h7-10,12-13,15-16H,11,14H2,1-6H3. The van der Waals surface area contributed by atoms with E-state index in [0.717, 1.165) is 28.9 Å². The third kappa shape index (κ3) is 5.19. The lowest BCUT2D eigenvalue weighted by molar-refractivity contribution is -0.0967. The lowest BCUT2D eigenvalue weighted by Crippen LogP contribution is -2.44. The third-order valence-corrected chi connectivity index (χ3v) is 4.52. The molecule has 1 aromatic heterocycles. The Balaban J connectivity index is 1.85. The van der Waals surface area contributed by atoms with Gasteiger partial charge in [0.15, 0.2) is 5.75 Å². The summed E-state index contributed by atoms with van der Waals surface area (Å²) in [6, 6.07) is 7.45. The molecule has 6 heteroatoms. The molecule has 0 N–H and O–H groups in total. The highest BCUT2D eigenvalue weighted by molar-refractivity contribution is 5.75. The number of pyridine rings is 1. The number of ether oxygens (including phenoxy) is 2. The molecular formula is C23H30N2O4. The Labute approximate surface area is 172 Å². The monoisotopic (exact) mass is 398 g/mol. The quantitative estimate of drug-likeness (QED) is 0.613. The van der Waals surface area contributed by atoms with Crippen LogP contribution < -0.4 is 9.57 Å². The van der Waals surface area contributed by atoms with Gasteiger partial charge in [-0.15, -0.1) is 5.06 Å². The first kappa shape index (κ1) is 21.0. The molecule has 0 saturated heterocycles. The molecule has 2 heterocycles. The number of benzene rings is 1. The highest BCUT2D eigenvalue weighted by Crippen LogP contribution is 2.39. The van der Waals surface area contributed by atoms with Crippen molar-refractivity contribution in [1.82, 2.24) is 10.0 Å². The molecule has 0 fully saturated rings. The molecule has 6 nitrogen and oxygen atoms in total. The van der Waals surface area contributed by atoms with Crippen molar-refractivity contribution in [3.63, 3.8) is 0 Å². The van der Waals surface area contributed by atoms with Crippen molar-refractivity contribution in [2.45, 2.75) is 66.2 Å². The Kier molecular flexibility index (Phi) is 6.01.